The van der Waals surface area contributed by atoms with Gasteiger partial charge in [-0.2, -0.15) is 5.26 Å². The lowest BCUT2D eigenvalue weighted by Crippen LogP contribution is -2.13. The van der Waals surface area contributed by atoms with Crippen LogP contribution in [0.15, 0.2) is 90.5 Å². The van der Waals surface area contributed by atoms with E-state index in [1.54, 1.807) is 30.3 Å². The van der Waals surface area contributed by atoms with Crippen molar-refractivity contribution in [2.75, 3.05) is 5.32 Å². The molecule has 0 spiro atoms. The third kappa shape index (κ3) is 5.41. The second-order valence-corrected chi connectivity index (χ2v) is 8.04. The fraction of sp³-hybridized carbons (Fsp3) is 0.0714. The van der Waals surface area contributed by atoms with Gasteiger partial charge in [-0.15, -0.1) is 0 Å². The van der Waals surface area contributed by atoms with Crippen LogP contribution in [0.5, 0.6) is 5.75 Å². The minimum Gasteiger partial charge on any atom is -0.488 e. The van der Waals surface area contributed by atoms with Gasteiger partial charge >= 0.3 is 0 Å². The summed E-state index contributed by atoms with van der Waals surface area (Å²) in [5.74, 6) is 0.0959. The Balaban J connectivity index is 1.68. The molecule has 0 fully saturated rings. The van der Waals surface area contributed by atoms with Gasteiger partial charge < -0.3 is 10.1 Å². The van der Waals surface area contributed by atoms with Crippen LogP contribution >= 0.6 is 11.6 Å². The molecule has 0 saturated heterocycles. The molecule has 0 aliphatic heterocycles. The van der Waals surface area contributed by atoms with Crippen LogP contribution in [0, 0.1) is 18.3 Å². The number of hydrogen-bond acceptors (Lipinski definition) is 3. The summed E-state index contributed by atoms with van der Waals surface area (Å²) >= 11 is 5.91. The fourth-order valence-corrected chi connectivity index (χ4v) is 3.55. The number of hydrogen-bond donors (Lipinski definition) is 1. The zero-order valence-electron chi connectivity index (χ0n) is 18.0. The molecule has 0 aliphatic carbocycles. The highest BCUT2D eigenvalue weighted by Crippen LogP contribution is 2.31. The number of rotatable bonds is 6. The number of aryl methyl sites for hydroxylation is 1. The summed E-state index contributed by atoms with van der Waals surface area (Å²) in [5, 5.41) is 14.9. The van der Waals surface area contributed by atoms with Crippen molar-refractivity contribution in [3.8, 4) is 11.8 Å². The van der Waals surface area contributed by atoms with Crippen LogP contribution in [0.4, 0.5) is 5.69 Å². The minimum atomic E-state index is -0.503. The molecule has 4 aromatic carbocycles. The number of carbonyl (C=O) groups excluding carboxylic acids is 1. The zero-order valence-corrected chi connectivity index (χ0v) is 18.8. The SMILES string of the molecule is Cc1ccc(COc2ccc3ccccc3c2/C=C(/C#N)C(=O)Nc2ccc(Cl)cc2)cc1. The molecule has 0 unspecified atom stereocenters. The predicted octanol–water partition coefficient (Wildman–Crippen LogP) is 6.93. The van der Waals surface area contributed by atoms with Crippen LogP contribution in [-0.2, 0) is 11.4 Å². The first kappa shape index (κ1) is 22.1. The van der Waals surface area contributed by atoms with Gasteiger partial charge in [0.05, 0.1) is 0 Å². The summed E-state index contributed by atoms with van der Waals surface area (Å²) < 4.78 is 6.13. The van der Waals surface area contributed by atoms with Crippen LogP contribution in [0.3, 0.4) is 0 Å². The van der Waals surface area contributed by atoms with Crippen LogP contribution < -0.4 is 10.1 Å². The molecule has 1 amide bonds. The number of nitriles is 1. The molecule has 1 N–H and O–H groups in total. The first-order chi connectivity index (χ1) is 16.0. The van der Waals surface area contributed by atoms with E-state index in [2.05, 4.69) is 5.32 Å². The molecule has 33 heavy (non-hydrogen) atoms. The summed E-state index contributed by atoms with van der Waals surface area (Å²) in [6, 6.07) is 28.5. The van der Waals surface area contributed by atoms with Crippen molar-refractivity contribution >= 4 is 40.0 Å². The Morgan fingerprint density at radius 1 is 1.00 bits per heavy atom. The summed E-state index contributed by atoms with van der Waals surface area (Å²) in [4.78, 5) is 12.8. The Morgan fingerprint density at radius 2 is 1.73 bits per heavy atom. The van der Waals surface area contributed by atoms with Crippen molar-refractivity contribution in [2.24, 2.45) is 0 Å². The third-order valence-electron chi connectivity index (χ3n) is 5.20. The molecule has 0 heterocycles. The lowest BCUT2D eigenvalue weighted by Gasteiger charge is -2.13. The molecule has 0 saturated carbocycles. The molecule has 4 aromatic rings. The number of nitrogens with one attached hydrogen (secondary N) is 1. The van der Waals surface area contributed by atoms with Gasteiger partial charge in [0.15, 0.2) is 0 Å². The van der Waals surface area contributed by atoms with Gasteiger partial charge in [0.1, 0.15) is 24.0 Å². The third-order valence-corrected chi connectivity index (χ3v) is 5.45. The van der Waals surface area contributed by atoms with E-state index >= 15 is 0 Å². The molecular formula is C28H21ClN2O2. The van der Waals surface area contributed by atoms with Gasteiger partial charge in [-0.25, -0.2) is 0 Å². The number of carbonyl (C=O) groups is 1. The highest BCUT2D eigenvalue weighted by molar-refractivity contribution is 6.30. The summed E-state index contributed by atoms with van der Waals surface area (Å²) in [6.45, 7) is 2.41. The number of fused-ring (bicyclic) bond motifs is 1. The standard InChI is InChI=1S/C28H21ClN2O2/c1-19-6-8-20(9-7-19)18-33-27-15-10-21-4-2-3-5-25(21)26(27)16-22(17-30)28(32)31-24-13-11-23(29)12-14-24/h2-16H,18H2,1H3,(H,31,32)/b22-16-. The number of ether oxygens (including phenoxy) is 1. The minimum absolute atomic E-state index is 0.0264. The topological polar surface area (TPSA) is 62.1 Å². The van der Waals surface area contributed by atoms with Crippen molar-refractivity contribution in [3.05, 3.63) is 112 Å². The van der Waals surface area contributed by atoms with Gasteiger partial charge in [-0.1, -0.05) is 71.8 Å². The number of anilines is 1. The van der Waals surface area contributed by atoms with Crippen molar-refractivity contribution in [1.82, 2.24) is 0 Å². The summed E-state index contributed by atoms with van der Waals surface area (Å²) in [6.07, 6.45) is 1.58. The van der Waals surface area contributed by atoms with Crippen molar-refractivity contribution in [2.45, 2.75) is 13.5 Å². The van der Waals surface area contributed by atoms with Crippen molar-refractivity contribution in [1.29, 1.82) is 5.26 Å². The van der Waals surface area contributed by atoms with E-state index in [1.165, 1.54) is 5.56 Å². The molecule has 0 aromatic heterocycles. The molecule has 0 bridgehead atoms. The average Bonchev–Trinajstić information content (AvgIpc) is 2.84. The van der Waals surface area contributed by atoms with E-state index in [0.717, 1.165) is 16.3 Å². The van der Waals surface area contributed by atoms with Crippen LogP contribution in [0.2, 0.25) is 5.02 Å². The van der Waals surface area contributed by atoms with E-state index in [9.17, 15) is 10.1 Å². The Labute approximate surface area is 197 Å². The Kier molecular flexibility index (Phi) is 6.73. The molecule has 0 aliphatic rings. The summed E-state index contributed by atoms with van der Waals surface area (Å²) in [5.41, 5.74) is 3.42. The number of halogens is 1. The van der Waals surface area contributed by atoms with Gasteiger partial charge in [0.2, 0.25) is 0 Å². The average molecular weight is 453 g/mol. The van der Waals surface area contributed by atoms with Gasteiger partial charge in [0.25, 0.3) is 5.91 Å². The number of amides is 1. The van der Waals surface area contributed by atoms with Crippen LogP contribution in [-0.4, -0.2) is 5.91 Å². The smallest absolute Gasteiger partial charge is 0.266 e. The maximum Gasteiger partial charge on any atom is 0.266 e. The molecule has 0 radical (unpaired) electrons. The van der Waals surface area contributed by atoms with E-state index in [0.29, 0.717) is 28.6 Å². The van der Waals surface area contributed by atoms with Crippen LogP contribution in [0.25, 0.3) is 16.8 Å². The Bertz CT molecular complexity index is 1370. The maximum atomic E-state index is 12.8. The highest BCUT2D eigenvalue weighted by Gasteiger charge is 2.14. The van der Waals surface area contributed by atoms with Gasteiger partial charge in [0, 0.05) is 16.3 Å². The molecule has 5 heteroatoms. The van der Waals surface area contributed by atoms with E-state index < -0.39 is 5.91 Å². The second kappa shape index (κ2) is 10.0. The molecule has 4 nitrogen and oxygen atoms in total. The first-order valence-corrected chi connectivity index (χ1v) is 10.8. The van der Waals surface area contributed by atoms with Crippen molar-refractivity contribution in [3.63, 3.8) is 0 Å². The maximum absolute atomic E-state index is 12.8. The predicted molar refractivity (Wildman–Crippen MR) is 133 cm³/mol. The molecule has 0 atom stereocenters. The largest absolute Gasteiger partial charge is 0.488 e. The first-order valence-electron chi connectivity index (χ1n) is 10.4. The lowest BCUT2D eigenvalue weighted by atomic mass is 10.0. The van der Waals surface area contributed by atoms with Gasteiger partial charge in [-0.3, -0.25) is 4.79 Å². The molecular weight excluding hydrogens is 432 g/mol. The van der Waals surface area contributed by atoms with E-state index in [-0.39, 0.29) is 5.57 Å². The quantitative estimate of drug-likeness (QED) is 0.255. The van der Waals surface area contributed by atoms with Gasteiger partial charge in [-0.05, 0) is 59.7 Å². The highest BCUT2D eigenvalue weighted by atomic mass is 35.5. The van der Waals surface area contributed by atoms with Crippen molar-refractivity contribution < 1.29 is 9.53 Å². The Hall–Kier alpha value is -4.07. The normalized spacial score (nSPS) is 11.1. The second-order valence-electron chi connectivity index (χ2n) is 7.60. The van der Waals surface area contributed by atoms with Crippen LogP contribution in [0.1, 0.15) is 16.7 Å². The van der Waals surface area contributed by atoms with E-state index in [4.69, 9.17) is 16.3 Å². The van der Waals surface area contributed by atoms with E-state index in [1.807, 2.05) is 73.7 Å². The number of nitrogens with zero attached hydrogens (tertiary/aromatic N) is 1. The fourth-order valence-electron chi connectivity index (χ4n) is 3.42. The lowest BCUT2D eigenvalue weighted by molar-refractivity contribution is -0.112. The monoisotopic (exact) mass is 452 g/mol. The molecule has 4 rings (SSSR count). The molecule has 162 valence electrons. The summed E-state index contributed by atoms with van der Waals surface area (Å²) in [7, 11) is 0. The Morgan fingerprint density at radius 3 is 2.45 bits per heavy atom. The number of benzene rings is 4. The zero-order chi connectivity index (χ0) is 23.2.